The molecule has 4 nitrogen and oxygen atoms in total. The summed E-state index contributed by atoms with van der Waals surface area (Å²) in [6.45, 7) is 8.87. The van der Waals surface area contributed by atoms with Gasteiger partial charge in [0.15, 0.2) is 0 Å². The van der Waals surface area contributed by atoms with Crippen molar-refractivity contribution in [2.24, 2.45) is 0 Å². The molecule has 0 aromatic carbocycles. The monoisotopic (exact) mass is 269 g/mol. The van der Waals surface area contributed by atoms with Gasteiger partial charge >= 0.3 is 5.97 Å². The molecule has 100 valence electrons. The number of esters is 1. The molecule has 0 unspecified atom stereocenters. The van der Waals surface area contributed by atoms with Gasteiger partial charge in [-0.1, -0.05) is 0 Å². The number of nitrogens with one attached hydrogen (secondary N) is 1. The van der Waals surface area contributed by atoms with Gasteiger partial charge in [0.05, 0.1) is 5.56 Å². The molecule has 0 spiro atoms. The number of hydrogen-bond acceptors (Lipinski definition) is 4. The topological polar surface area (TPSA) is 55.4 Å². The predicted octanol–water partition coefficient (Wildman–Crippen LogP) is 2.52. The molecule has 0 saturated carbocycles. The number of hydrogen-bond donors (Lipinski definition) is 1. The fraction of sp³-hybridized carbons (Fsp3) is 0.538. The molecule has 0 radical (unpaired) electrons. The fourth-order valence-corrected chi connectivity index (χ4v) is 2.14. The number of carbonyl (C=O) groups is 2. The third-order valence-corrected chi connectivity index (χ3v) is 3.07. The summed E-state index contributed by atoms with van der Waals surface area (Å²) < 4.78 is 5.20. The first-order valence-electron chi connectivity index (χ1n) is 5.77. The van der Waals surface area contributed by atoms with Gasteiger partial charge in [-0.25, -0.2) is 4.79 Å². The molecule has 1 atom stereocenters. The lowest BCUT2D eigenvalue weighted by atomic mass is 10.2. The van der Waals surface area contributed by atoms with Gasteiger partial charge in [-0.05, 0) is 45.6 Å². The van der Waals surface area contributed by atoms with Gasteiger partial charge in [0.25, 0.3) is 5.91 Å². The van der Waals surface area contributed by atoms with E-state index in [0.717, 1.165) is 5.56 Å². The van der Waals surface area contributed by atoms with E-state index in [2.05, 4.69) is 5.32 Å². The molecule has 0 aliphatic carbocycles. The van der Waals surface area contributed by atoms with Crippen molar-refractivity contribution >= 4 is 23.2 Å². The Morgan fingerprint density at radius 3 is 2.39 bits per heavy atom. The SMILES string of the molecule is Cc1cscc1C(=O)N[C@H](C)C(=O)OC(C)(C)C. The van der Waals surface area contributed by atoms with Crippen molar-refractivity contribution in [1.29, 1.82) is 0 Å². The number of carbonyl (C=O) groups excluding carboxylic acids is 2. The molecule has 0 aliphatic heterocycles. The minimum absolute atomic E-state index is 0.243. The Labute approximate surface area is 111 Å². The molecule has 0 fully saturated rings. The van der Waals surface area contributed by atoms with Gasteiger partial charge in [0, 0.05) is 5.38 Å². The zero-order chi connectivity index (χ0) is 13.9. The summed E-state index contributed by atoms with van der Waals surface area (Å²) in [4.78, 5) is 23.6. The van der Waals surface area contributed by atoms with Crippen LogP contribution in [0.4, 0.5) is 0 Å². The Hall–Kier alpha value is -1.36. The van der Waals surface area contributed by atoms with Crippen LogP contribution in [0.1, 0.15) is 43.6 Å². The Balaban J connectivity index is 2.60. The van der Waals surface area contributed by atoms with Crippen molar-refractivity contribution in [1.82, 2.24) is 5.32 Å². The summed E-state index contributed by atoms with van der Waals surface area (Å²) in [5.41, 5.74) is 0.971. The first kappa shape index (κ1) is 14.7. The summed E-state index contributed by atoms with van der Waals surface area (Å²) in [5, 5.41) is 6.30. The average molecular weight is 269 g/mol. The number of ether oxygens (including phenoxy) is 1. The van der Waals surface area contributed by atoms with Crippen LogP contribution < -0.4 is 5.32 Å². The van der Waals surface area contributed by atoms with Crippen LogP contribution in [0.2, 0.25) is 0 Å². The van der Waals surface area contributed by atoms with Gasteiger partial charge < -0.3 is 10.1 Å². The molecular formula is C13H19NO3S. The van der Waals surface area contributed by atoms with Crippen LogP contribution >= 0.6 is 11.3 Å². The lowest BCUT2D eigenvalue weighted by Gasteiger charge is -2.22. The molecule has 1 heterocycles. The Morgan fingerprint density at radius 1 is 1.33 bits per heavy atom. The standard InChI is InChI=1S/C13H19NO3S/c1-8-6-18-7-10(8)11(15)14-9(2)12(16)17-13(3,4)5/h6-7,9H,1-5H3,(H,14,15)/t9-/m1/s1. The lowest BCUT2D eigenvalue weighted by molar-refractivity contribution is -0.156. The third kappa shape index (κ3) is 4.14. The molecular weight excluding hydrogens is 250 g/mol. The van der Waals surface area contributed by atoms with Crippen molar-refractivity contribution in [3.05, 3.63) is 21.9 Å². The average Bonchev–Trinajstić information content (AvgIpc) is 2.61. The zero-order valence-corrected chi connectivity index (χ0v) is 12.2. The van der Waals surface area contributed by atoms with Crippen molar-refractivity contribution in [2.75, 3.05) is 0 Å². The smallest absolute Gasteiger partial charge is 0.328 e. The molecule has 1 amide bonds. The number of amides is 1. The van der Waals surface area contributed by atoms with Gasteiger partial charge in [-0.15, -0.1) is 0 Å². The summed E-state index contributed by atoms with van der Waals surface area (Å²) >= 11 is 1.46. The molecule has 0 saturated heterocycles. The second-order valence-electron chi connectivity index (χ2n) is 5.20. The molecule has 18 heavy (non-hydrogen) atoms. The van der Waals surface area contributed by atoms with Crippen LogP contribution in [-0.2, 0) is 9.53 Å². The van der Waals surface area contributed by atoms with Gasteiger partial charge in [0.2, 0.25) is 0 Å². The lowest BCUT2D eigenvalue weighted by Crippen LogP contribution is -2.42. The quantitative estimate of drug-likeness (QED) is 0.858. The second-order valence-corrected chi connectivity index (χ2v) is 5.94. The number of aryl methyl sites for hydroxylation is 1. The van der Waals surface area contributed by atoms with E-state index in [0.29, 0.717) is 5.56 Å². The highest BCUT2D eigenvalue weighted by Crippen LogP contribution is 2.14. The van der Waals surface area contributed by atoms with Crippen molar-refractivity contribution < 1.29 is 14.3 Å². The number of thiophene rings is 1. The fourth-order valence-electron chi connectivity index (χ4n) is 1.32. The van der Waals surface area contributed by atoms with Crippen molar-refractivity contribution in [3.63, 3.8) is 0 Å². The zero-order valence-electron chi connectivity index (χ0n) is 11.4. The molecule has 5 heteroatoms. The number of rotatable bonds is 3. The maximum absolute atomic E-state index is 11.9. The van der Waals surface area contributed by atoms with Crippen LogP contribution in [-0.4, -0.2) is 23.5 Å². The van der Waals surface area contributed by atoms with E-state index in [1.807, 2.05) is 12.3 Å². The van der Waals surface area contributed by atoms with Crippen LogP contribution in [0.25, 0.3) is 0 Å². The highest BCUT2D eigenvalue weighted by molar-refractivity contribution is 7.08. The van der Waals surface area contributed by atoms with E-state index in [-0.39, 0.29) is 5.91 Å². The second kappa shape index (κ2) is 5.52. The van der Waals surface area contributed by atoms with E-state index < -0.39 is 17.6 Å². The minimum atomic E-state index is -0.656. The summed E-state index contributed by atoms with van der Waals surface area (Å²) in [5.74, 6) is -0.671. The van der Waals surface area contributed by atoms with E-state index in [1.165, 1.54) is 11.3 Å². The normalized spacial score (nSPS) is 12.9. The first-order chi connectivity index (χ1) is 8.20. The third-order valence-electron chi connectivity index (χ3n) is 2.21. The van der Waals surface area contributed by atoms with E-state index in [1.54, 1.807) is 33.1 Å². The molecule has 1 aromatic heterocycles. The highest BCUT2D eigenvalue weighted by Gasteiger charge is 2.23. The van der Waals surface area contributed by atoms with Crippen LogP contribution in [0, 0.1) is 6.92 Å². The van der Waals surface area contributed by atoms with Crippen molar-refractivity contribution in [3.8, 4) is 0 Å². The van der Waals surface area contributed by atoms with E-state index >= 15 is 0 Å². The molecule has 1 aromatic rings. The minimum Gasteiger partial charge on any atom is -0.458 e. The largest absolute Gasteiger partial charge is 0.458 e. The molecule has 0 aliphatic rings. The maximum atomic E-state index is 11.9. The van der Waals surface area contributed by atoms with Crippen LogP contribution in [0.5, 0.6) is 0 Å². The highest BCUT2D eigenvalue weighted by atomic mass is 32.1. The summed E-state index contributed by atoms with van der Waals surface area (Å²) in [6, 6.07) is -0.656. The van der Waals surface area contributed by atoms with Gasteiger partial charge in [0.1, 0.15) is 11.6 Å². The van der Waals surface area contributed by atoms with Crippen LogP contribution in [0.15, 0.2) is 10.8 Å². The Kier molecular flexibility index (Phi) is 4.51. The van der Waals surface area contributed by atoms with Gasteiger partial charge in [-0.2, -0.15) is 11.3 Å². The molecule has 1 N–H and O–H groups in total. The predicted molar refractivity (Wildman–Crippen MR) is 71.8 cm³/mol. The first-order valence-corrected chi connectivity index (χ1v) is 6.71. The Morgan fingerprint density at radius 2 is 1.94 bits per heavy atom. The van der Waals surface area contributed by atoms with E-state index in [9.17, 15) is 9.59 Å². The maximum Gasteiger partial charge on any atom is 0.328 e. The Bertz CT molecular complexity index is 445. The van der Waals surface area contributed by atoms with Crippen molar-refractivity contribution in [2.45, 2.75) is 46.3 Å². The summed E-state index contributed by atoms with van der Waals surface area (Å²) in [6.07, 6.45) is 0. The van der Waals surface area contributed by atoms with Crippen LogP contribution in [0.3, 0.4) is 0 Å². The van der Waals surface area contributed by atoms with Gasteiger partial charge in [-0.3, -0.25) is 4.79 Å². The van der Waals surface area contributed by atoms with E-state index in [4.69, 9.17) is 4.74 Å². The molecule has 0 bridgehead atoms. The molecule has 1 rings (SSSR count). The summed E-state index contributed by atoms with van der Waals surface area (Å²) in [7, 11) is 0.